The van der Waals surface area contributed by atoms with Gasteiger partial charge in [0.2, 0.25) is 0 Å². The molecule has 2 aliphatic carbocycles. The second kappa shape index (κ2) is 6.82. The molecule has 1 aromatic carbocycles. The van der Waals surface area contributed by atoms with Gasteiger partial charge in [0.1, 0.15) is 0 Å². The van der Waals surface area contributed by atoms with Crippen LogP contribution in [-0.4, -0.2) is 11.8 Å². The minimum Gasteiger partial charge on any atom is -0.271 e. The number of halogens is 1. The highest BCUT2D eigenvalue weighted by atomic mass is 79.9. The lowest BCUT2D eigenvalue weighted by Crippen LogP contribution is -2.39. The number of hydrogen-bond acceptors (Lipinski definition) is 3. The van der Waals surface area contributed by atoms with E-state index in [0.717, 1.165) is 23.5 Å². The molecule has 0 radical (unpaired) electrons. The zero-order valence-electron chi connectivity index (χ0n) is 11.7. The Kier molecular flexibility index (Phi) is 5.08. The number of benzene rings is 1. The molecule has 0 spiro atoms. The molecule has 2 nitrogen and oxygen atoms in total. The molecule has 2 fully saturated rings. The molecule has 3 N–H and O–H groups in total. The molecule has 110 valence electrons. The first-order valence-electron chi connectivity index (χ1n) is 7.59. The van der Waals surface area contributed by atoms with Crippen molar-refractivity contribution in [3.05, 3.63) is 28.7 Å². The van der Waals surface area contributed by atoms with Gasteiger partial charge in [-0.2, -0.15) is 0 Å². The smallest absolute Gasteiger partial charge is 0.0311 e. The first-order valence-corrected chi connectivity index (χ1v) is 9.37. The number of hydrogen-bond donors (Lipinski definition) is 2. The summed E-state index contributed by atoms with van der Waals surface area (Å²) in [7, 11) is 0. The van der Waals surface area contributed by atoms with Crippen molar-refractivity contribution in [2.75, 3.05) is 5.75 Å². The second-order valence-corrected chi connectivity index (χ2v) is 8.19. The van der Waals surface area contributed by atoms with Gasteiger partial charge in [0, 0.05) is 21.2 Å². The summed E-state index contributed by atoms with van der Waals surface area (Å²) in [6.07, 6.45) is 7.12. The minimum absolute atomic E-state index is 0.427. The molecule has 4 atom stereocenters. The molecule has 0 heterocycles. The van der Waals surface area contributed by atoms with E-state index in [1.807, 2.05) is 11.8 Å². The van der Waals surface area contributed by atoms with Crippen LogP contribution in [0.25, 0.3) is 0 Å². The Morgan fingerprint density at radius 1 is 1.30 bits per heavy atom. The van der Waals surface area contributed by atoms with E-state index >= 15 is 0 Å². The lowest BCUT2D eigenvalue weighted by Gasteiger charge is -2.26. The van der Waals surface area contributed by atoms with Crippen molar-refractivity contribution in [3.8, 4) is 0 Å². The Hall–Kier alpha value is -0.0300. The molecular weight excluding hydrogens is 332 g/mol. The van der Waals surface area contributed by atoms with Crippen LogP contribution in [0.4, 0.5) is 0 Å². The van der Waals surface area contributed by atoms with Gasteiger partial charge in [-0.3, -0.25) is 11.3 Å². The minimum atomic E-state index is 0.427. The lowest BCUT2D eigenvalue weighted by molar-refractivity contribution is 0.287. The summed E-state index contributed by atoms with van der Waals surface area (Å²) < 4.78 is 1.18. The molecule has 0 amide bonds. The van der Waals surface area contributed by atoms with Crippen LogP contribution in [0.3, 0.4) is 0 Å². The highest BCUT2D eigenvalue weighted by Gasteiger charge is 2.39. The SMILES string of the molecule is NNC(CSc1ccccc1Br)CC1CC2CCC1C2. The molecule has 0 saturated heterocycles. The van der Waals surface area contributed by atoms with E-state index in [1.54, 1.807) is 0 Å². The average molecular weight is 355 g/mol. The van der Waals surface area contributed by atoms with E-state index in [1.165, 1.54) is 41.5 Å². The summed E-state index contributed by atoms with van der Waals surface area (Å²) in [6.45, 7) is 0. The molecule has 4 heteroatoms. The number of nitrogens with two attached hydrogens (primary N) is 1. The van der Waals surface area contributed by atoms with E-state index in [2.05, 4.69) is 45.6 Å². The Labute approximate surface area is 134 Å². The number of rotatable bonds is 6. The summed E-state index contributed by atoms with van der Waals surface area (Å²) in [5.74, 6) is 9.75. The van der Waals surface area contributed by atoms with E-state index in [4.69, 9.17) is 5.84 Å². The summed E-state index contributed by atoms with van der Waals surface area (Å²) >= 11 is 5.50. The Balaban J connectivity index is 1.51. The topological polar surface area (TPSA) is 38.0 Å². The van der Waals surface area contributed by atoms with E-state index in [9.17, 15) is 0 Å². The van der Waals surface area contributed by atoms with Crippen molar-refractivity contribution < 1.29 is 0 Å². The van der Waals surface area contributed by atoms with Crippen LogP contribution >= 0.6 is 27.7 Å². The van der Waals surface area contributed by atoms with Gasteiger partial charge in [0.25, 0.3) is 0 Å². The van der Waals surface area contributed by atoms with Crippen molar-refractivity contribution in [1.82, 2.24) is 5.43 Å². The Morgan fingerprint density at radius 2 is 2.15 bits per heavy atom. The van der Waals surface area contributed by atoms with Crippen LogP contribution < -0.4 is 11.3 Å². The Morgan fingerprint density at radius 3 is 2.80 bits per heavy atom. The molecular formula is C16H23BrN2S. The van der Waals surface area contributed by atoms with Gasteiger partial charge in [0.15, 0.2) is 0 Å². The van der Waals surface area contributed by atoms with E-state index < -0.39 is 0 Å². The van der Waals surface area contributed by atoms with Gasteiger partial charge >= 0.3 is 0 Å². The standard InChI is InChI=1S/C16H23BrN2S/c17-15-3-1-2-4-16(15)20-10-14(19-18)9-13-8-11-5-6-12(13)7-11/h1-4,11-14,19H,5-10,18H2. The first kappa shape index (κ1) is 14.9. The van der Waals surface area contributed by atoms with Crippen molar-refractivity contribution in [1.29, 1.82) is 0 Å². The largest absolute Gasteiger partial charge is 0.271 e. The molecule has 0 aromatic heterocycles. The third-order valence-corrected chi connectivity index (χ3v) is 7.17. The van der Waals surface area contributed by atoms with E-state index in [0.29, 0.717) is 6.04 Å². The van der Waals surface area contributed by atoms with Crippen LogP contribution in [0, 0.1) is 17.8 Å². The molecule has 1 aromatic rings. The summed E-state index contributed by atoms with van der Waals surface area (Å²) in [5.41, 5.74) is 3.04. The van der Waals surface area contributed by atoms with Gasteiger partial charge in [0.05, 0.1) is 0 Å². The van der Waals surface area contributed by atoms with Crippen LogP contribution in [-0.2, 0) is 0 Å². The maximum absolute atomic E-state index is 5.78. The molecule has 20 heavy (non-hydrogen) atoms. The van der Waals surface area contributed by atoms with Crippen molar-refractivity contribution in [2.45, 2.75) is 43.0 Å². The van der Waals surface area contributed by atoms with Crippen LogP contribution in [0.5, 0.6) is 0 Å². The fourth-order valence-electron chi connectivity index (χ4n) is 3.97. The fraction of sp³-hybridized carbons (Fsp3) is 0.625. The average Bonchev–Trinajstić information content (AvgIpc) is 3.07. The monoisotopic (exact) mass is 354 g/mol. The Bertz CT molecular complexity index is 454. The van der Waals surface area contributed by atoms with Gasteiger partial charge in [-0.25, -0.2) is 0 Å². The fourth-order valence-corrected chi connectivity index (χ4v) is 5.59. The second-order valence-electron chi connectivity index (χ2n) is 6.28. The highest BCUT2D eigenvalue weighted by Crippen LogP contribution is 2.50. The number of nitrogens with one attached hydrogen (secondary N) is 1. The molecule has 2 aliphatic rings. The third kappa shape index (κ3) is 3.41. The van der Waals surface area contributed by atoms with Gasteiger partial charge in [-0.05, 0) is 71.5 Å². The van der Waals surface area contributed by atoms with Crippen LogP contribution in [0.15, 0.2) is 33.6 Å². The van der Waals surface area contributed by atoms with Crippen molar-refractivity contribution in [3.63, 3.8) is 0 Å². The maximum Gasteiger partial charge on any atom is 0.0311 e. The van der Waals surface area contributed by atoms with Gasteiger partial charge in [-0.15, -0.1) is 11.8 Å². The predicted molar refractivity (Wildman–Crippen MR) is 89.5 cm³/mol. The molecule has 0 aliphatic heterocycles. The van der Waals surface area contributed by atoms with Crippen molar-refractivity contribution >= 4 is 27.7 Å². The summed E-state index contributed by atoms with van der Waals surface area (Å²) in [5, 5.41) is 0. The van der Waals surface area contributed by atoms with Gasteiger partial charge < -0.3 is 0 Å². The molecule has 2 bridgehead atoms. The first-order chi connectivity index (χ1) is 9.76. The molecule has 4 unspecified atom stereocenters. The molecule has 2 saturated carbocycles. The number of thioether (sulfide) groups is 1. The lowest BCUT2D eigenvalue weighted by atomic mass is 9.84. The normalized spacial score (nSPS) is 29.8. The quantitative estimate of drug-likeness (QED) is 0.456. The number of hydrazine groups is 1. The molecule has 3 rings (SSSR count). The zero-order valence-corrected chi connectivity index (χ0v) is 14.1. The predicted octanol–water partition coefficient (Wildman–Crippen LogP) is 4.20. The van der Waals surface area contributed by atoms with Crippen LogP contribution in [0.1, 0.15) is 32.1 Å². The van der Waals surface area contributed by atoms with Crippen LogP contribution in [0.2, 0.25) is 0 Å². The maximum atomic E-state index is 5.78. The zero-order chi connectivity index (χ0) is 13.9. The third-order valence-electron chi connectivity index (χ3n) is 4.98. The summed E-state index contributed by atoms with van der Waals surface area (Å²) in [6, 6.07) is 8.84. The number of fused-ring (bicyclic) bond motifs is 2. The van der Waals surface area contributed by atoms with Gasteiger partial charge in [-0.1, -0.05) is 18.6 Å². The van der Waals surface area contributed by atoms with Crippen molar-refractivity contribution in [2.24, 2.45) is 23.6 Å². The summed E-state index contributed by atoms with van der Waals surface area (Å²) in [4.78, 5) is 1.31. The van der Waals surface area contributed by atoms with E-state index in [-0.39, 0.29) is 0 Å². The highest BCUT2D eigenvalue weighted by molar-refractivity contribution is 9.10.